The van der Waals surface area contributed by atoms with Gasteiger partial charge in [0.15, 0.2) is 5.82 Å². The Bertz CT molecular complexity index is 300. The molecule has 0 saturated heterocycles. The second-order valence-corrected chi connectivity index (χ2v) is 4.20. The second kappa shape index (κ2) is 8.46. The summed E-state index contributed by atoms with van der Waals surface area (Å²) >= 11 is 3.29. The van der Waals surface area contributed by atoms with Crippen LogP contribution in [0.15, 0.2) is 10.7 Å². The lowest BCUT2D eigenvalue weighted by Crippen LogP contribution is -2.12. The molecule has 1 heterocycles. The van der Waals surface area contributed by atoms with Gasteiger partial charge in [0.25, 0.3) is 0 Å². The summed E-state index contributed by atoms with van der Waals surface area (Å²) in [5.41, 5.74) is 5.59. The zero-order chi connectivity index (χ0) is 12.5. The van der Waals surface area contributed by atoms with E-state index in [9.17, 15) is 0 Å². The van der Waals surface area contributed by atoms with Gasteiger partial charge in [-0.15, -0.1) is 0 Å². The highest BCUT2D eigenvalue weighted by atomic mass is 79.9. The van der Waals surface area contributed by atoms with E-state index in [0.29, 0.717) is 45.4 Å². The fourth-order valence-electron chi connectivity index (χ4n) is 1.15. The lowest BCUT2D eigenvalue weighted by atomic mass is 10.6. The maximum Gasteiger partial charge on any atom is 0.159 e. The Morgan fingerprint density at radius 2 is 1.88 bits per heavy atom. The molecular weight excluding hydrogens is 290 g/mol. The van der Waals surface area contributed by atoms with Crippen LogP contribution >= 0.6 is 15.9 Å². The van der Waals surface area contributed by atoms with Crippen LogP contribution in [0.1, 0.15) is 0 Å². The van der Waals surface area contributed by atoms with Crippen LogP contribution in [0.2, 0.25) is 0 Å². The highest BCUT2D eigenvalue weighted by Gasteiger charge is 2.01. The van der Waals surface area contributed by atoms with Gasteiger partial charge in [0, 0.05) is 13.3 Å². The molecule has 0 saturated carbocycles. The zero-order valence-corrected chi connectivity index (χ0v) is 11.5. The van der Waals surface area contributed by atoms with Gasteiger partial charge in [-0.2, -0.15) is 5.10 Å². The van der Waals surface area contributed by atoms with Gasteiger partial charge < -0.3 is 19.9 Å². The number of halogens is 1. The van der Waals surface area contributed by atoms with Gasteiger partial charge in [-0.3, -0.25) is 4.68 Å². The molecule has 2 N–H and O–H groups in total. The SMILES string of the molecule is COCCOCCOCCn1cc(Br)c(N)n1. The molecule has 0 aromatic carbocycles. The van der Waals surface area contributed by atoms with E-state index in [1.807, 2.05) is 6.20 Å². The molecule has 7 heteroatoms. The first kappa shape index (κ1) is 14.4. The third-order valence-corrected chi connectivity index (χ3v) is 2.62. The van der Waals surface area contributed by atoms with Crippen LogP contribution < -0.4 is 5.73 Å². The van der Waals surface area contributed by atoms with Crippen molar-refractivity contribution < 1.29 is 14.2 Å². The number of hydrogen-bond donors (Lipinski definition) is 1. The standard InChI is InChI=1S/C10H18BrN3O3/c1-15-4-5-17-7-6-16-3-2-14-8-9(11)10(12)13-14/h8H,2-7H2,1H3,(H2,12,13). The predicted molar refractivity (Wildman–Crippen MR) is 67.9 cm³/mol. The van der Waals surface area contributed by atoms with Crippen molar-refractivity contribution in [1.29, 1.82) is 0 Å². The summed E-state index contributed by atoms with van der Waals surface area (Å²) < 4.78 is 18.0. The van der Waals surface area contributed by atoms with Crippen LogP contribution in [0.25, 0.3) is 0 Å². The largest absolute Gasteiger partial charge is 0.382 e. The summed E-state index contributed by atoms with van der Waals surface area (Å²) in [6, 6.07) is 0. The van der Waals surface area contributed by atoms with Crippen LogP contribution in [0.5, 0.6) is 0 Å². The fourth-order valence-corrected chi connectivity index (χ4v) is 1.46. The maximum atomic E-state index is 5.59. The third kappa shape index (κ3) is 6.02. The van der Waals surface area contributed by atoms with Gasteiger partial charge in [0.1, 0.15) is 0 Å². The van der Waals surface area contributed by atoms with Gasteiger partial charge in [-0.05, 0) is 15.9 Å². The number of aromatic nitrogens is 2. The highest BCUT2D eigenvalue weighted by molar-refractivity contribution is 9.10. The lowest BCUT2D eigenvalue weighted by molar-refractivity contribution is 0.0225. The Kier molecular flexibility index (Phi) is 7.18. The van der Waals surface area contributed by atoms with Crippen molar-refractivity contribution in [1.82, 2.24) is 9.78 Å². The van der Waals surface area contributed by atoms with Crippen LogP contribution in [0.4, 0.5) is 5.82 Å². The minimum atomic E-state index is 0.493. The van der Waals surface area contributed by atoms with E-state index in [2.05, 4.69) is 21.0 Å². The van der Waals surface area contributed by atoms with Gasteiger partial charge >= 0.3 is 0 Å². The minimum Gasteiger partial charge on any atom is -0.382 e. The van der Waals surface area contributed by atoms with Crippen molar-refractivity contribution in [3.8, 4) is 0 Å². The molecule has 0 aliphatic carbocycles. The van der Waals surface area contributed by atoms with Crippen LogP contribution in [0, 0.1) is 0 Å². The van der Waals surface area contributed by atoms with Gasteiger partial charge in [-0.1, -0.05) is 0 Å². The molecule has 6 nitrogen and oxygen atoms in total. The first-order valence-corrected chi connectivity index (χ1v) is 6.16. The quantitative estimate of drug-likeness (QED) is 0.687. The highest BCUT2D eigenvalue weighted by Crippen LogP contribution is 2.15. The number of anilines is 1. The molecule has 0 aliphatic heterocycles. The van der Waals surface area contributed by atoms with Crippen molar-refractivity contribution in [3.63, 3.8) is 0 Å². The first-order valence-electron chi connectivity index (χ1n) is 5.37. The lowest BCUT2D eigenvalue weighted by Gasteiger charge is -2.05. The fraction of sp³-hybridized carbons (Fsp3) is 0.700. The maximum absolute atomic E-state index is 5.59. The van der Waals surface area contributed by atoms with Crippen molar-refractivity contribution in [3.05, 3.63) is 10.7 Å². The number of nitrogens with zero attached hydrogens (tertiary/aromatic N) is 2. The summed E-state index contributed by atoms with van der Waals surface area (Å²) in [6.07, 6.45) is 1.83. The van der Waals surface area contributed by atoms with E-state index in [1.165, 1.54) is 0 Å². The second-order valence-electron chi connectivity index (χ2n) is 3.34. The Hall–Kier alpha value is -0.630. The van der Waals surface area contributed by atoms with Gasteiger partial charge in [0.2, 0.25) is 0 Å². The number of hydrogen-bond acceptors (Lipinski definition) is 5. The van der Waals surface area contributed by atoms with Crippen LogP contribution in [-0.4, -0.2) is 49.9 Å². The molecule has 1 rings (SSSR count). The van der Waals surface area contributed by atoms with E-state index in [0.717, 1.165) is 4.47 Å². The topological polar surface area (TPSA) is 71.5 Å². The summed E-state index contributed by atoms with van der Waals surface area (Å²) in [5, 5.41) is 4.09. The van der Waals surface area contributed by atoms with Crippen molar-refractivity contribution in [2.24, 2.45) is 0 Å². The Labute approximate surface area is 109 Å². The zero-order valence-electron chi connectivity index (χ0n) is 9.89. The Morgan fingerprint density at radius 3 is 2.47 bits per heavy atom. The van der Waals surface area contributed by atoms with Gasteiger partial charge in [0.05, 0.1) is 44.1 Å². The average molecular weight is 308 g/mol. The monoisotopic (exact) mass is 307 g/mol. The van der Waals surface area contributed by atoms with E-state index < -0.39 is 0 Å². The number of rotatable bonds is 9. The summed E-state index contributed by atoms with van der Waals surface area (Å²) in [7, 11) is 1.65. The van der Waals surface area contributed by atoms with Crippen LogP contribution in [0.3, 0.4) is 0 Å². The van der Waals surface area contributed by atoms with Gasteiger partial charge in [-0.25, -0.2) is 0 Å². The molecule has 0 bridgehead atoms. The summed E-state index contributed by atoms with van der Waals surface area (Å²) in [5.74, 6) is 0.493. The van der Waals surface area contributed by atoms with E-state index >= 15 is 0 Å². The summed E-state index contributed by atoms with van der Waals surface area (Å²) in [6.45, 7) is 3.62. The molecule has 0 aliphatic rings. The molecule has 0 fully saturated rings. The normalized spacial score (nSPS) is 10.9. The molecule has 1 aromatic rings. The van der Waals surface area contributed by atoms with E-state index in [4.69, 9.17) is 19.9 Å². The van der Waals surface area contributed by atoms with E-state index in [-0.39, 0.29) is 0 Å². The average Bonchev–Trinajstić information content (AvgIpc) is 2.62. The van der Waals surface area contributed by atoms with Crippen molar-refractivity contribution >= 4 is 21.7 Å². The molecule has 0 amide bonds. The first-order chi connectivity index (χ1) is 8.24. The molecule has 1 aromatic heterocycles. The number of ether oxygens (including phenoxy) is 3. The molecule has 17 heavy (non-hydrogen) atoms. The molecule has 98 valence electrons. The Morgan fingerprint density at radius 1 is 1.24 bits per heavy atom. The molecule has 0 unspecified atom stereocenters. The smallest absolute Gasteiger partial charge is 0.159 e. The molecular formula is C10H18BrN3O3. The number of methoxy groups -OCH3 is 1. The van der Waals surface area contributed by atoms with Crippen molar-refractivity contribution in [2.45, 2.75) is 6.54 Å². The number of nitrogen functional groups attached to an aromatic ring is 1. The molecule has 0 spiro atoms. The predicted octanol–water partition coefficient (Wildman–Crippen LogP) is 0.907. The Balaban J connectivity index is 1.97. The van der Waals surface area contributed by atoms with Crippen LogP contribution in [-0.2, 0) is 20.8 Å². The summed E-state index contributed by atoms with van der Waals surface area (Å²) in [4.78, 5) is 0. The minimum absolute atomic E-state index is 0.493. The molecule has 0 atom stereocenters. The van der Waals surface area contributed by atoms with Crippen molar-refractivity contribution in [2.75, 3.05) is 45.9 Å². The number of nitrogens with two attached hydrogens (primary N) is 1. The molecule has 0 radical (unpaired) electrons. The third-order valence-electron chi connectivity index (χ3n) is 2.01. The van der Waals surface area contributed by atoms with E-state index in [1.54, 1.807) is 11.8 Å².